The van der Waals surface area contributed by atoms with Gasteiger partial charge in [0, 0.05) is 12.2 Å². The van der Waals surface area contributed by atoms with Crippen LogP contribution in [0.2, 0.25) is 0 Å². The molecule has 1 aromatic carbocycles. The molecular weight excluding hydrogens is 248 g/mol. The molecule has 1 amide bonds. The summed E-state index contributed by atoms with van der Waals surface area (Å²) in [5.41, 5.74) is 7.68. The number of carbonyl (C=O) groups excluding carboxylic acids is 1. The van der Waals surface area contributed by atoms with Crippen LogP contribution in [0.5, 0.6) is 0 Å². The summed E-state index contributed by atoms with van der Waals surface area (Å²) < 4.78 is 0. The Hall–Kier alpha value is -1.22. The lowest BCUT2D eigenvalue weighted by atomic mass is 9.70. The zero-order chi connectivity index (χ0) is 12.3. The molecule has 2 rings (SSSR count). The molecule has 0 atom stereocenters. The number of amides is 1. The van der Waals surface area contributed by atoms with Crippen LogP contribution in [0.4, 0.5) is 5.69 Å². The van der Waals surface area contributed by atoms with Crippen molar-refractivity contribution in [1.82, 2.24) is 5.32 Å². The Labute approximate surface area is 115 Å². The highest BCUT2D eigenvalue weighted by atomic mass is 35.5. The van der Waals surface area contributed by atoms with Gasteiger partial charge in [-0.05, 0) is 36.0 Å². The van der Waals surface area contributed by atoms with Crippen LogP contribution >= 0.6 is 12.4 Å². The molecule has 1 fully saturated rings. The number of hydrogen-bond acceptors (Lipinski definition) is 2. The van der Waals surface area contributed by atoms with Gasteiger partial charge in [-0.1, -0.05) is 25.5 Å². The molecular formula is C14H21ClN2O. The number of benzene rings is 1. The zero-order valence-electron chi connectivity index (χ0n) is 10.7. The molecule has 0 spiro atoms. The number of rotatable bonds is 4. The van der Waals surface area contributed by atoms with Crippen LogP contribution in [0.15, 0.2) is 24.3 Å². The van der Waals surface area contributed by atoms with Crippen LogP contribution in [0.3, 0.4) is 0 Å². The van der Waals surface area contributed by atoms with Gasteiger partial charge in [0.25, 0.3) is 0 Å². The summed E-state index contributed by atoms with van der Waals surface area (Å²) in [5, 5.41) is 3.02. The molecule has 1 aromatic rings. The highest BCUT2D eigenvalue weighted by Gasteiger charge is 2.31. The monoisotopic (exact) mass is 268 g/mol. The van der Waals surface area contributed by atoms with Crippen molar-refractivity contribution in [2.24, 2.45) is 5.41 Å². The molecule has 0 aromatic heterocycles. The first kappa shape index (κ1) is 14.8. The molecule has 4 heteroatoms. The van der Waals surface area contributed by atoms with E-state index in [4.69, 9.17) is 5.73 Å². The largest absolute Gasteiger partial charge is 0.399 e. The molecule has 0 bridgehead atoms. The van der Waals surface area contributed by atoms with E-state index < -0.39 is 0 Å². The lowest BCUT2D eigenvalue weighted by Crippen LogP contribution is -2.40. The highest BCUT2D eigenvalue weighted by molar-refractivity contribution is 5.85. The SMILES string of the molecule is CC1(CNC(=O)Cc2ccc(N)cc2)CCC1.Cl. The van der Waals surface area contributed by atoms with Gasteiger partial charge in [-0.2, -0.15) is 0 Å². The van der Waals surface area contributed by atoms with Gasteiger partial charge in [-0.15, -0.1) is 12.4 Å². The summed E-state index contributed by atoms with van der Waals surface area (Å²) in [6.07, 6.45) is 4.20. The molecule has 0 radical (unpaired) electrons. The third-order valence-electron chi connectivity index (χ3n) is 3.62. The van der Waals surface area contributed by atoms with Crippen molar-refractivity contribution in [3.05, 3.63) is 29.8 Å². The van der Waals surface area contributed by atoms with Gasteiger partial charge in [0.1, 0.15) is 0 Å². The zero-order valence-corrected chi connectivity index (χ0v) is 11.6. The number of carbonyl (C=O) groups is 1. The maximum Gasteiger partial charge on any atom is 0.224 e. The van der Waals surface area contributed by atoms with Gasteiger partial charge >= 0.3 is 0 Å². The Morgan fingerprint density at radius 3 is 2.44 bits per heavy atom. The minimum Gasteiger partial charge on any atom is -0.399 e. The highest BCUT2D eigenvalue weighted by Crippen LogP contribution is 2.39. The van der Waals surface area contributed by atoms with Crippen molar-refractivity contribution in [3.63, 3.8) is 0 Å². The van der Waals surface area contributed by atoms with E-state index in [0.717, 1.165) is 17.8 Å². The van der Waals surface area contributed by atoms with Gasteiger partial charge in [0.15, 0.2) is 0 Å². The second-order valence-electron chi connectivity index (χ2n) is 5.36. The summed E-state index contributed by atoms with van der Waals surface area (Å²) in [7, 11) is 0. The van der Waals surface area contributed by atoms with E-state index in [9.17, 15) is 4.79 Å². The van der Waals surface area contributed by atoms with E-state index in [1.54, 1.807) is 0 Å². The fourth-order valence-electron chi connectivity index (χ4n) is 2.15. The van der Waals surface area contributed by atoms with Crippen molar-refractivity contribution in [1.29, 1.82) is 0 Å². The van der Waals surface area contributed by atoms with Crippen molar-refractivity contribution in [3.8, 4) is 0 Å². The van der Waals surface area contributed by atoms with Crippen LogP contribution in [0, 0.1) is 5.41 Å². The first-order chi connectivity index (χ1) is 8.07. The van der Waals surface area contributed by atoms with Gasteiger partial charge in [0.2, 0.25) is 5.91 Å². The van der Waals surface area contributed by atoms with E-state index in [0.29, 0.717) is 11.8 Å². The predicted octanol–water partition coefficient (Wildman–Crippen LogP) is 2.54. The first-order valence-electron chi connectivity index (χ1n) is 6.19. The predicted molar refractivity (Wildman–Crippen MR) is 76.8 cm³/mol. The van der Waals surface area contributed by atoms with E-state index in [1.165, 1.54) is 19.3 Å². The lowest BCUT2D eigenvalue weighted by Gasteiger charge is -2.38. The Kier molecular flexibility index (Phi) is 5.03. The molecule has 1 aliphatic rings. The topological polar surface area (TPSA) is 55.1 Å². The van der Waals surface area contributed by atoms with Gasteiger partial charge < -0.3 is 11.1 Å². The summed E-state index contributed by atoms with van der Waals surface area (Å²) in [6.45, 7) is 3.04. The summed E-state index contributed by atoms with van der Waals surface area (Å²) in [6, 6.07) is 7.46. The van der Waals surface area contributed by atoms with Gasteiger partial charge in [0.05, 0.1) is 6.42 Å². The number of hydrogen-bond donors (Lipinski definition) is 2. The molecule has 0 heterocycles. The number of halogens is 1. The quantitative estimate of drug-likeness (QED) is 0.825. The Balaban J connectivity index is 0.00000162. The maximum atomic E-state index is 11.7. The Morgan fingerprint density at radius 1 is 1.33 bits per heavy atom. The molecule has 100 valence electrons. The Bertz CT molecular complexity index is 399. The first-order valence-corrected chi connectivity index (χ1v) is 6.19. The lowest BCUT2D eigenvalue weighted by molar-refractivity contribution is -0.121. The molecule has 1 aliphatic carbocycles. The molecule has 3 nitrogen and oxygen atoms in total. The second-order valence-corrected chi connectivity index (χ2v) is 5.36. The minimum atomic E-state index is 0. The number of anilines is 1. The fraction of sp³-hybridized carbons (Fsp3) is 0.500. The fourth-order valence-corrected chi connectivity index (χ4v) is 2.15. The van der Waals surface area contributed by atoms with E-state index >= 15 is 0 Å². The van der Waals surface area contributed by atoms with Crippen LogP contribution in [0.1, 0.15) is 31.7 Å². The third-order valence-corrected chi connectivity index (χ3v) is 3.62. The van der Waals surface area contributed by atoms with Crippen LogP contribution in [0.25, 0.3) is 0 Å². The molecule has 18 heavy (non-hydrogen) atoms. The van der Waals surface area contributed by atoms with E-state index in [-0.39, 0.29) is 18.3 Å². The molecule has 3 N–H and O–H groups in total. The Morgan fingerprint density at radius 2 is 1.94 bits per heavy atom. The van der Waals surface area contributed by atoms with Crippen LogP contribution in [-0.2, 0) is 11.2 Å². The summed E-state index contributed by atoms with van der Waals surface area (Å²) >= 11 is 0. The average Bonchev–Trinajstić information content (AvgIpc) is 2.27. The number of nitrogens with two attached hydrogens (primary N) is 1. The average molecular weight is 269 g/mol. The summed E-state index contributed by atoms with van der Waals surface area (Å²) in [4.78, 5) is 11.7. The van der Waals surface area contributed by atoms with Crippen molar-refractivity contribution < 1.29 is 4.79 Å². The summed E-state index contributed by atoms with van der Waals surface area (Å²) in [5.74, 6) is 0.0999. The van der Waals surface area contributed by atoms with Crippen molar-refractivity contribution in [2.75, 3.05) is 12.3 Å². The molecule has 0 aliphatic heterocycles. The van der Waals surface area contributed by atoms with E-state index in [1.807, 2.05) is 24.3 Å². The minimum absolute atomic E-state index is 0. The number of nitrogens with one attached hydrogen (secondary N) is 1. The smallest absolute Gasteiger partial charge is 0.224 e. The van der Waals surface area contributed by atoms with Crippen LogP contribution in [-0.4, -0.2) is 12.5 Å². The third kappa shape index (κ3) is 3.91. The van der Waals surface area contributed by atoms with Crippen molar-refractivity contribution in [2.45, 2.75) is 32.6 Å². The second kappa shape index (κ2) is 6.10. The normalized spacial score (nSPS) is 16.3. The van der Waals surface area contributed by atoms with Crippen LogP contribution < -0.4 is 11.1 Å². The molecule has 1 saturated carbocycles. The van der Waals surface area contributed by atoms with Crippen molar-refractivity contribution >= 4 is 24.0 Å². The molecule has 0 unspecified atom stereocenters. The van der Waals surface area contributed by atoms with Gasteiger partial charge in [-0.3, -0.25) is 4.79 Å². The maximum absolute atomic E-state index is 11.7. The number of nitrogen functional groups attached to an aromatic ring is 1. The van der Waals surface area contributed by atoms with Gasteiger partial charge in [-0.25, -0.2) is 0 Å². The standard InChI is InChI=1S/C14H20N2O.ClH/c1-14(7-2-8-14)10-16-13(17)9-11-3-5-12(15)6-4-11;/h3-6H,2,7-10,15H2,1H3,(H,16,17);1H. The van der Waals surface area contributed by atoms with E-state index in [2.05, 4.69) is 12.2 Å². The molecule has 0 saturated heterocycles.